The Kier molecular flexibility index (Phi) is 6.47. The average Bonchev–Trinajstić information content (AvgIpc) is 3.11. The van der Waals surface area contributed by atoms with Crippen LogP contribution in [-0.4, -0.2) is 61.8 Å². The molecule has 27 heavy (non-hydrogen) atoms. The van der Waals surface area contributed by atoms with E-state index in [4.69, 9.17) is 14.2 Å². The Labute approximate surface area is 159 Å². The van der Waals surface area contributed by atoms with E-state index in [0.717, 1.165) is 25.3 Å². The highest BCUT2D eigenvalue weighted by atomic mass is 16.6. The Morgan fingerprint density at radius 2 is 2.15 bits per heavy atom. The monoisotopic (exact) mass is 374 g/mol. The fraction of sp³-hybridized carbons (Fsp3) is 0.500. The number of hydrogen-bond acceptors (Lipinski definition) is 5. The molecular formula is C20H28N3O4+. The van der Waals surface area contributed by atoms with Crippen molar-refractivity contribution in [3.63, 3.8) is 0 Å². The number of esters is 1. The predicted molar refractivity (Wildman–Crippen MR) is 101 cm³/mol. The molecule has 2 atom stereocenters. The number of quaternary nitrogens is 1. The van der Waals surface area contributed by atoms with Gasteiger partial charge in [0, 0.05) is 5.92 Å². The molecule has 0 amide bonds. The SMILES string of the molecule is COc1cn(-c2ccccc2)nc1C(=O)OC[C@@H]1C[NH+](CC(C)C)CCO1. The van der Waals surface area contributed by atoms with Gasteiger partial charge in [-0.15, -0.1) is 0 Å². The maximum atomic E-state index is 12.5. The first kappa shape index (κ1) is 19.4. The summed E-state index contributed by atoms with van der Waals surface area (Å²) in [5, 5.41) is 4.34. The van der Waals surface area contributed by atoms with Crippen LogP contribution < -0.4 is 9.64 Å². The second kappa shape index (κ2) is 9.01. The van der Waals surface area contributed by atoms with E-state index in [1.807, 2.05) is 30.3 Å². The van der Waals surface area contributed by atoms with Gasteiger partial charge in [-0.1, -0.05) is 32.0 Å². The molecule has 7 heteroatoms. The smallest absolute Gasteiger partial charge is 0.362 e. The van der Waals surface area contributed by atoms with Crippen molar-refractivity contribution >= 4 is 5.97 Å². The normalized spacial score (nSPS) is 19.9. The minimum absolute atomic E-state index is 0.0846. The van der Waals surface area contributed by atoms with E-state index in [9.17, 15) is 4.79 Å². The number of aromatic nitrogens is 2. The van der Waals surface area contributed by atoms with Crippen LogP contribution in [0.5, 0.6) is 5.75 Å². The minimum atomic E-state index is -0.499. The molecule has 0 radical (unpaired) electrons. The van der Waals surface area contributed by atoms with E-state index in [2.05, 4.69) is 18.9 Å². The molecule has 1 fully saturated rings. The highest BCUT2D eigenvalue weighted by Crippen LogP contribution is 2.20. The van der Waals surface area contributed by atoms with E-state index < -0.39 is 5.97 Å². The Balaban J connectivity index is 1.62. The summed E-state index contributed by atoms with van der Waals surface area (Å²) in [5.74, 6) is 0.522. The van der Waals surface area contributed by atoms with Gasteiger partial charge in [-0.2, -0.15) is 5.10 Å². The number of carbonyl (C=O) groups excluding carboxylic acids is 1. The molecule has 3 rings (SSSR count). The lowest BCUT2D eigenvalue weighted by Crippen LogP contribution is -3.15. The quantitative estimate of drug-likeness (QED) is 0.732. The van der Waals surface area contributed by atoms with Crippen LogP contribution in [0, 0.1) is 5.92 Å². The molecule has 1 N–H and O–H groups in total. The van der Waals surface area contributed by atoms with Crippen molar-refractivity contribution in [1.29, 1.82) is 0 Å². The van der Waals surface area contributed by atoms with Crippen LogP contribution in [0.3, 0.4) is 0 Å². The molecular weight excluding hydrogens is 346 g/mol. The minimum Gasteiger partial charge on any atom is -0.493 e. The number of carbonyl (C=O) groups is 1. The first-order valence-corrected chi connectivity index (χ1v) is 9.38. The van der Waals surface area contributed by atoms with Crippen molar-refractivity contribution in [3.8, 4) is 11.4 Å². The van der Waals surface area contributed by atoms with Gasteiger partial charge in [0.25, 0.3) is 0 Å². The van der Waals surface area contributed by atoms with Crippen molar-refractivity contribution in [3.05, 3.63) is 42.2 Å². The predicted octanol–water partition coefficient (Wildman–Crippen LogP) is 0.977. The Hall–Kier alpha value is -2.38. The summed E-state index contributed by atoms with van der Waals surface area (Å²) >= 11 is 0. The Morgan fingerprint density at radius 3 is 2.85 bits per heavy atom. The summed E-state index contributed by atoms with van der Waals surface area (Å²) in [6, 6.07) is 9.56. The summed E-state index contributed by atoms with van der Waals surface area (Å²) in [5.41, 5.74) is 1.02. The third-order valence-electron chi connectivity index (χ3n) is 4.54. The van der Waals surface area contributed by atoms with Gasteiger partial charge in [0.2, 0.25) is 5.69 Å². The summed E-state index contributed by atoms with van der Waals surface area (Å²) in [7, 11) is 1.51. The zero-order chi connectivity index (χ0) is 19.2. The number of methoxy groups -OCH3 is 1. The number of morpholine rings is 1. The zero-order valence-corrected chi connectivity index (χ0v) is 16.2. The van der Waals surface area contributed by atoms with E-state index in [1.54, 1.807) is 10.9 Å². The van der Waals surface area contributed by atoms with Gasteiger partial charge in [0.1, 0.15) is 25.8 Å². The maximum absolute atomic E-state index is 12.5. The summed E-state index contributed by atoms with van der Waals surface area (Å²) in [6.45, 7) is 8.29. The molecule has 0 bridgehead atoms. The lowest BCUT2D eigenvalue weighted by atomic mass is 10.2. The molecule has 1 aromatic carbocycles. The van der Waals surface area contributed by atoms with Crippen molar-refractivity contribution < 1.29 is 23.9 Å². The lowest BCUT2D eigenvalue weighted by Gasteiger charge is -2.30. The summed E-state index contributed by atoms with van der Waals surface area (Å²) in [4.78, 5) is 14.0. The van der Waals surface area contributed by atoms with Crippen LogP contribution in [0.25, 0.3) is 5.69 Å². The van der Waals surface area contributed by atoms with Gasteiger partial charge in [0.15, 0.2) is 5.75 Å². The first-order valence-electron chi connectivity index (χ1n) is 9.38. The molecule has 1 aliphatic heterocycles. The number of nitrogens with zero attached hydrogens (tertiary/aromatic N) is 2. The topological polar surface area (TPSA) is 67.0 Å². The van der Waals surface area contributed by atoms with Crippen LogP contribution in [0.1, 0.15) is 24.3 Å². The average molecular weight is 374 g/mol. The molecule has 1 aliphatic rings. The number of benzene rings is 1. The third kappa shape index (κ3) is 5.08. The highest BCUT2D eigenvalue weighted by molar-refractivity contribution is 5.90. The molecule has 2 heterocycles. The summed E-state index contributed by atoms with van der Waals surface area (Å²) in [6.07, 6.45) is 1.59. The fourth-order valence-electron chi connectivity index (χ4n) is 3.32. The Morgan fingerprint density at radius 1 is 1.37 bits per heavy atom. The number of para-hydroxylation sites is 1. The fourth-order valence-corrected chi connectivity index (χ4v) is 3.32. The van der Waals surface area contributed by atoms with Gasteiger partial charge in [0.05, 0.1) is 32.1 Å². The molecule has 1 unspecified atom stereocenters. The van der Waals surface area contributed by atoms with Gasteiger partial charge in [-0.05, 0) is 12.1 Å². The van der Waals surface area contributed by atoms with Crippen molar-refractivity contribution in [1.82, 2.24) is 9.78 Å². The second-order valence-corrected chi connectivity index (χ2v) is 7.22. The van der Waals surface area contributed by atoms with Crippen molar-refractivity contribution in [2.24, 2.45) is 5.92 Å². The van der Waals surface area contributed by atoms with E-state index in [0.29, 0.717) is 18.3 Å². The van der Waals surface area contributed by atoms with Gasteiger partial charge < -0.3 is 19.1 Å². The number of ether oxygens (including phenoxy) is 3. The molecule has 0 aliphatic carbocycles. The molecule has 0 saturated carbocycles. The van der Waals surface area contributed by atoms with Crippen LogP contribution in [0.2, 0.25) is 0 Å². The number of hydrogen-bond donors (Lipinski definition) is 1. The highest BCUT2D eigenvalue weighted by Gasteiger charge is 2.27. The largest absolute Gasteiger partial charge is 0.493 e. The van der Waals surface area contributed by atoms with E-state index in [1.165, 1.54) is 12.0 Å². The van der Waals surface area contributed by atoms with Crippen molar-refractivity contribution in [2.45, 2.75) is 20.0 Å². The van der Waals surface area contributed by atoms with Crippen LogP contribution in [0.4, 0.5) is 0 Å². The van der Waals surface area contributed by atoms with E-state index in [-0.39, 0.29) is 18.4 Å². The molecule has 2 aromatic rings. The zero-order valence-electron chi connectivity index (χ0n) is 16.2. The van der Waals surface area contributed by atoms with E-state index >= 15 is 0 Å². The molecule has 146 valence electrons. The number of rotatable bonds is 7. The Bertz CT molecular complexity index is 745. The van der Waals surface area contributed by atoms with Gasteiger partial charge in [-0.3, -0.25) is 0 Å². The van der Waals surface area contributed by atoms with Gasteiger partial charge in [-0.25, -0.2) is 9.48 Å². The molecule has 1 aromatic heterocycles. The first-order chi connectivity index (χ1) is 13.1. The molecule has 1 saturated heterocycles. The van der Waals surface area contributed by atoms with Crippen LogP contribution in [0.15, 0.2) is 36.5 Å². The number of nitrogens with one attached hydrogen (secondary N) is 1. The summed E-state index contributed by atoms with van der Waals surface area (Å²) < 4.78 is 18.1. The lowest BCUT2D eigenvalue weighted by molar-refractivity contribution is -0.914. The standard InChI is InChI=1S/C20H27N3O4/c1-15(2)11-22-9-10-26-17(12-22)14-27-20(24)19-18(25-3)13-23(21-19)16-7-5-4-6-8-16/h4-8,13,15,17H,9-12,14H2,1-3H3/p+1/t17-/m0/s1. The van der Waals surface area contributed by atoms with Crippen molar-refractivity contribution in [2.75, 3.05) is 40.0 Å². The van der Waals surface area contributed by atoms with Crippen LogP contribution >= 0.6 is 0 Å². The van der Waals surface area contributed by atoms with Gasteiger partial charge >= 0.3 is 5.97 Å². The second-order valence-electron chi connectivity index (χ2n) is 7.22. The van der Waals surface area contributed by atoms with Crippen LogP contribution in [-0.2, 0) is 9.47 Å². The maximum Gasteiger partial charge on any atom is 0.362 e. The molecule has 7 nitrogen and oxygen atoms in total. The third-order valence-corrected chi connectivity index (χ3v) is 4.54. The molecule has 0 spiro atoms.